The van der Waals surface area contributed by atoms with Gasteiger partial charge in [0.05, 0.1) is 5.25 Å². The number of hydrogen-bond acceptors (Lipinski definition) is 6. The topological polar surface area (TPSA) is 54.9 Å². The molecular formula is C11H19N3OS3. The van der Waals surface area contributed by atoms with Crippen molar-refractivity contribution < 1.29 is 4.79 Å². The first-order valence-electron chi connectivity index (χ1n) is 5.93. The number of hydrogen-bond donors (Lipinski definition) is 1. The van der Waals surface area contributed by atoms with Crippen molar-refractivity contribution >= 4 is 40.8 Å². The molecular weight excluding hydrogens is 286 g/mol. The molecule has 1 rings (SSSR count). The molecule has 1 aromatic heterocycles. The van der Waals surface area contributed by atoms with E-state index >= 15 is 0 Å². The van der Waals surface area contributed by atoms with E-state index in [0.29, 0.717) is 5.92 Å². The Morgan fingerprint density at radius 1 is 1.33 bits per heavy atom. The summed E-state index contributed by atoms with van der Waals surface area (Å²) in [6.45, 7) is 8.86. The molecule has 1 amide bonds. The third kappa shape index (κ3) is 5.58. The summed E-state index contributed by atoms with van der Waals surface area (Å²) in [5.41, 5.74) is 0. The minimum Gasteiger partial charge on any atom is -0.355 e. The highest BCUT2D eigenvalue weighted by Crippen LogP contribution is 2.30. The van der Waals surface area contributed by atoms with Gasteiger partial charge in [-0.25, -0.2) is 0 Å². The second-order valence-electron chi connectivity index (χ2n) is 4.17. The lowest BCUT2D eigenvalue weighted by Gasteiger charge is -2.11. The summed E-state index contributed by atoms with van der Waals surface area (Å²) in [7, 11) is 0. The molecule has 0 saturated heterocycles. The van der Waals surface area contributed by atoms with Gasteiger partial charge in [-0.1, -0.05) is 55.6 Å². The van der Waals surface area contributed by atoms with Crippen molar-refractivity contribution in [2.24, 2.45) is 5.92 Å². The summed E-state index contributed by atoms with van der Waals surface area (Å²) in [6, 6.07) is 0. The molecule has 7 heteroatoms. The van der Waals surface area contributed by atoms with Crippen molar-refractivity contribution in [2.45, 2.75) is 41.6 Å². The normalized spacial score (nSPS) is 12.7. The number of thioether (sulfide) groups is 2. The number of carbonyl (C=O) groups is 1. The van der Waals surface area contributed by atoms with Crippen molar-refractivity contribution in [3.63, 3.8) is 0 Å². The molecule has 0 unspecified atom stereocenters. The quantitative estimate of drug-likeness (QED) is 0.785. The van der Waals surface area contributed by atoms with Gasteiger partial charge in [-0.15, -0.1) is 10.2 Å². The SMILES string of the molecule is CCSc1nnc(S[C@@H](C)C(=O)NCC(C)C)s1. The van der Waals surface area contributed by atoms with Crippen LogP contribution >= 0.6 is 34.9 Å². The summed E-state index contributed by atoms with van der Waals surface area (Å²) >= 11 is 4.70. The van der Waals surface area contributed by atoms with Gasteiger partial charge in [0, 0.05) is 6.54 Å². The van der Waals surface area contributed by atoms with Crippen LogP contribution in [0.25, 0.3) is 0 Å². The van der Waals surface area contributed by atoms with E-state index in [9.17, 15) is 4.79 Å². The third-order valence-electron chi connectivity index (χ3n) is 1.99. The number of amides is 1. The number of nitrogens with zero attached hydrogens (tertiary/aromatic N) is 2. The van der Waals surface area contributed by atoms with E-state index < -0.39 is 0 Å². The van der Waals surface area contributed by atoms with Crippen LogP contribution in [-0.4, -0.2) is 33.7 Å². The highest BCUT2D eigenvalue weighted by Gasteiger charge is 2.17. The van der Waals surface area contributed by atoms with E-state index in [4.69, 9.17) is 0 Å². The van der Waals surface area contributed by atoms with Crippen LogP contribution in [0.3, 0.4) is 0 Å². The zero-order valence-electron chi connectivity index (χ0n) is 11.1. The van der Waals surface area contributed by atoms with E-state index in [1.54, 1.807) is 23.1 Å². The number of nitrogens with one attached hydrogen (secondary N) is 1. The predicted octanol–water partition coefficient (Wildman–Crippen LogP) is 2.90. The van der Waals surface area contributed by atoms with Gasteiger partial charge in [0.2, 0.25) is 5.91 Å². The summed E-state index contributed by atoms with van der Waals surface area (Å²) < 4.78 is 1.83. The molecule has 1 heterocycles. The Morgan fingerprint density at radius 2 is 2.00 bits per heavy atom. The fourth-order valence-electron chi connectivity index (χ4n) is 1.08. The summed E-state index contributed by atoms with van der Waals surface area (Å²) in [5, 5.41) is 11.0. The van der Waals surface area contributed by atoms with E-state index in [-0.39, 0.29) is 11.2 Å². The van der Waals surface area contributed by atoms with E-state index in [2.05, 4.69) is 36.3 Å². The molecule has 0 saturated carbocycles. The number of carbonyl (C=O) groups excluding carboxylic acids is 1. The van der Waals surface area contributed by atoms with E-state index in [0.717, 1.165) is 21.0 Å². The van der Waals surface area contributed by atoms with Gasteiger partial charge in [0.15, 0.2) is 8.68 Å². The Balaban J connectivity index is 2.42. The molecule has 1 atom stereocenters. The van der Waals surface area contributed by atoms with E-state index in [1.165, 1.54) is 11.8 Å². The minimum absolute atomic E-state index is 0.0635. The highest BCUT2D eigenvalue weighted by molar-refractivity contribution is 8.03. The van der Waals surface area contributed by atoms with Gasteiger partial charge >= 0.3 is 0 Å². The average Bonchev–Trinajstić information content (AvgIpc) is 2.73. The first kappa shape index (κ1) is 15.8. The lowest BCUT2D eigenvalue weighted by atomic mass is 10.2. The molecule has 4 nitrogen and oxygen atoms in total. The Morgan fingerprint density at radius 3 is 2.61 bits per heavy atom. The molecule has 0 fully saturated rings. The molecule has 0 aliphatic carbocycles. The maximum atomic E-state index is 11.8. The molecule has 0 radical (unpaired) electrons. The molecule has 0 bridgehead atoms. The van der Waals surface area contributed by atoms with Gasteiger partial charge < -0.3 is 5.32 Å². The largest absolute Gasteiger partial charge is 0.355 e. The van der Waals surface area contributed by atoms with Crippen LogP contribution in [0, 0.1) is 5.92 Å². The Kier molecular flexibility index (Phi) is 7.03. The molecule has 0 aliphatic rings. The van der Waals surface area contributed by atoms with Crippen molar-refractivity contribution in [1.29, 1.82) is 0 Å². The van der Waals surface area contributed by atoms with Gasteiger partial charge in [0.25, 0.3) is 0 Å². The zero-order valence-corrected chi connectivity index (χ0v) is 13.5. The number of aromatic nitrogens is 2. The molecule has 1 N–H and O–H groups in total. The highest BCUT2D eigenvalue weighted by atomic mass is 32.2. The van der Waals surface area contributed by atoms with Gasteiger partial charge in [-0.05, 0) is 18.6 Å². The van der Waals surface area contributed by atoms with Crippen LogP contribution in [0.2, 0.25) is 0 Å². The Bertz CT molecular complexity index is 381. The summed E-state index contributed by atoms with van der Waals surface area (Å²) in [4.78, 5) is 11.8. The maximum Gasteiger partial charge on any atom is 0.233 e. The molecule has 102 valence electrons. The smallest absolute Gasteiger partial charge is 0.233 e. The van der Waals surface area contributed by atoms with Crippen LogP contribution in [-0.2, 0) is 4.79 Å². The predicted molar refractivity (Wildman–Crippen MR) is 79.5 cm³/mol. The van der Waals surface area contributed by atoms with Crippen LogP contribution in [0.5, 0.6) is 0 Å². The fourth-order valence-corrected chi connectivity index (χ4v) is 4.17. The summed E-state index contributed by atoms with van der Waals surface area (Å²) in [6.07, 6.45) is 0. The van der Waals surface area contributed by atoms with Crippen molar-refractivity contribution in [3.05, 3.63) is 0 Å². The number of rotatable bonds is 7. The van der Waals surface area contributed by atoms with Gasteiger partial charge in [-0.2, -0.15) is 0 Å². The van der Waals surface area contributed by atoms with E-state index in [1.807, 2.05) is 6.92 Å². The van der Waals surface area contributed by atoms with Crippen molar-refractivity contribution in [2.75, 3.05) is 12.3 Å². The van der Waals surface area contributed by atoms with Crippen LogP contribution in [0.4, 0.5) is 0 Å². The first-order valence-corrected chi connectivity index (χ1v) is 8.61. The molecule has 1 aromatic rings. The fraction of sp³-hybridized carbons (Fsp3) is 0.727. The Hall–Kier alpha value is -0.270. The standard InChI is InChI=1S/C11H19N3OS3/c1-5-16-10-13-14-11(18-10)17-8(4)9(15)12-6-7(2)3/h7-8H,5-6H2,1-4H3,(H,12,15)/t8-/m0/s1. The second kappa shape index (κ2) is 8.01. The average molecular weight is 305 g/mol. The second-order valence-corrected chi connectivity index (χ2v) is 8.24. The van der Waals surface area contributed by atoms with Crippen LogP contribution in [0.1, 0.15) is 27.7 Å². The lowest BCUT2D eigenvalue weighted by molar-refractivity contribution is -0.120. The third-order valence-corrected chi connectivity index (χ3v) is 5.11. The Labute approximate surface area is 121 Å². The molecule has 0 aromatic carbocycles. The monoisotopic (exact) mass is 305 g/mol. The van der Waals surface area contributed by atoms with Gasteiger partial charge in [-0.3, -0.25) is 4.79 Å². The van der Waals surface area contributed by atoms with Crippen LogP contribution < -0.4 is 5.32 Å². The lowest BCUT2D eigenvalue weighted by Crippen LogP contribution is -2.33. The zero-order chi connectivity index (χ0) is 13.5. The first-order chi connectivity index (χ1) is 8.52. The summed E-state index contributed by atoms with van der Waals surface area (Å²) in [5.74, 6) is 1.53. The minimum atomic E-state index is -0.129. The molecule has 0 spiro atoms. The van der Waals surface area contributed by atoms with Crippen molar-refractivity contribution in [3.8, 4) is 0 Å². The molecule has 0 aliphatic heterocycles. The van der Waals surface area contributed by atoms with Crippen LogP contribution in [0.15, 0.2) is 8.68 Å². The van der Waals surface area contributed by atoms with Crippen molar-refractivity contribution in [1.82, 2.24) is 15.5 Å². The maximum absolute atomic E-state index is 11.8. The van der Waals surface area contributed by atoms with Gasteiger partial charge in [0.1, 0.15) is 0 Å². The molecule has 18 heavy (non-hydrogen) atoms.